The van der Waals surface area contributed by atoms with Crippen molar-refractivity contribution in [3.05, 3.63) is 97.1 Å². The minimum atomic E-state index is -4.47. The first-order valence-corrected chi connectivity index (χ1v) is 27.5. The predicted molar refractivity (Wildman–Crippen MR) is 257 cm³/mol. The van der Waals surface area contributed by atoms with Gasteiger partial charge in [0.05, 0.1) is 57.1 Å². The Balaban J connectivity index is 1.07. The van der Waals surface area contributed by atoms with Gasteiger partial charge in [-0.3, -0.25) is 32.3 Å². The first-order valence-electron chi connectivity index (χ1n) is 22.3. The number of hydrogen-bond donors (Lipinski definition) is 4. The Kier molecular flexibility index (Phi) is 15.4. The quantitative estimate of drug-likeness (QED) is 0.0379. The molecular formula is C44H53N13O10P2Si. The molecule has 2 amide bonds. The van der Waals surface area contributed by atoms with Gasteiger partial charge in [0.25, 0.3) is 11.8 Å². The van der Waals surface area contributed by atoms with Crippen LogP contribution in [0.2, 0.25) is 18.1 Å². The van der Waals surface area contributed by atoms with Gasteiger partial charge in [0.15, 0.2) is 48.5 Å². The monoisotopic (exact) mass is 1010 g/mol. The highest BCUT2D eigenvalue weighted by Gasteiger charge is 2.54. The molecule has 2 fully saturated rings. The van der Waals surface area contributed by atoms with Gasteiger partial charge in [-0.2, -0.15) is 5.26 Å². The summed E-state index contributed by atoms with van der Waals surface area (Å²) in [7, 11) is -7.86. The third-order valence-corrected chi connectivity index (χ3v) is 19.0. The SMILES string of the molecule is C[C@@H]1[C@H](N)[C@@H](COP(=O)(N[C@H]2[C@@H](O[Si](C)(C)C(C)(C)C)[C@H](n3cnc4c(NC(=O)c5ccccc5)ncnc43)O[C@@H]2COP=O)OCCC#N)O[C@H]1n1cnc2c(NC(=O)c3ccccc3)ncnc21. The van der Waals surface area contributed by atoms with Crippen LogP contribution in [0.3, 0.4) is 0 Å². The van der Waals surface area contributed by atoms with E-state index in [0.717, 1.165) is 0 Å². The molecule has 1 unspecified atom stereocenters. The predicted octanol–water partition coefficient (Wildman–Crippen LogP) is 6.56. The van der Waals surface area contributed by atoms with Gasteiger partial charge in [-0.15, -0.1) is 0 Å². The van der Waals surface area contributed by atoms with Gasteiger partial charge in [0.2, 0.25) is 0 Å². The Morgan fingerprint density at radius 1 is 0.829 bits per heavy atom. The Labute approximate surface area is 405 Å². The van der Waals surface area contributed by atoms with E-state index in [2.05, 4.69) is 66.4 Å². The van der Waals surface area contributed by atoms with Crippen LogP contribution in [0.1, 0.15) is 67.3 Å². The summed E-state index contributed by atoms with van der Waals surface area (Å²) < 4.78 is 68.1. The van der Waals surface area contributed by atoms with E-state index in [1.54, 1.807) is 63.7 Å². The van der Waals surface area contributed by atoms with E-state index < -0.39 is 73.5 Å². The zero-order chi connectivity index (χ0) is 49.8. The molecule has 6 heterocycles. The summed E-state index contributed by atoms with van der Waals surface area (Å²) in [4.78, 5) is 52.9. The number of aromatic nitrogens is 8. The lowest BCUT2D eigenvalue weighted by Crippen LogP contribution is -2.52. The van der Waals surface area contributed by atoms with Crippen molar-refractivity contribution in [3.63, 3.8) is 0 Å². The van der Waals surface area contributed by atoms with E-state index in [1.165, 1.54) is 25.3 Å². The molecule has 6 aromatic rings. The second kappa shape index (κ2) is 21.3. The van der Waals surface area contributed by atoms with E-state index in [0.29, 0.717) is 22.3 Å². The smallest absolute Gasteiger partial charge is 0.406 e. The molecule has 0 aliphatic carbocycles. The summed E-state index contributed by atoms with van der Waals surface area (Å²) in [5.41, 5.74) is 8.86. The van der Waals surface area contributed by atoms with Crippen molar-refractivity contribution < 1.29 is 46.2 Å². The zero-order valence-electron chi connectivity index (χ0n) is 39.1. The molecule has 26 heteroatoms. The molecular weight excluding hydrogens is 961 g/mol. The number of fused-ring (bicyclic) bond motifs is 2. The van der Waals surface area contributed by atoms with Gasteiger partial charge >= 0.3 is 16.4 Å². The fourth-order valence-corrected chi connectivity index (χ4v) is 11.0. The largest absolute Gasteiger partial charge is 0.408 e. The highest BCUT2D eigenvalue weighted by Crippen LogP contribution is 2.50. The average Bonchev–Trinajstić information content (AvgIpc) is 4.12. The van der Waals surface area contributed by atoms with Crippen LogP contribution in [0.15, 0.2) is 86.0 Å². The van der Waals surface area contributed by atoms with Crippen molar-refractivity contribution in [2.75, 3.05) is 30.5 Å². The van der Waals surface area contributed by atoms with Gasteiger partial charge in [-0.1, -0.05) is 64.1 Å². The Hall–Kier alpha value is -5.80. The van der Waals surface area contributed by atoms with Crippen LogP contribution in [0, 0.1) is 17.2 Å². The molecule has 9 atom stereocenters. The minimum Gasteiger partial charge on any atom is -0.408 e. The molecule has 5 N–H and O–H groups in total. The summed E-state index contributed by atoms with van der Waals surface area (Å²) in [5.74, 6) is -0.795. The maximum atomic E-state index is 15.2. The molecule has 2 aliphatic rings. The number of benzene rings is 2. The number of rotatable bonds is 19. The number of carbonyl (C=O) groups is 2. The van der Waals surface area contributed by atoms with Gasteiger partial charge in [-0.25, -0.2) is 44.1 Å². The Morgan fingerprint density at radius 2 is 1.37 bits per heavy atom. The topological polar surface area (TPSA) is 297 Å². The van der Waals surface area contributed by atoms with Gasteiger partial charge in [0, 0.05) is 23.1 Å². The highest BCUT2D eigenvalue weighted by atomic mass is 31.2. The van der Waals surface area contributed by atoms with E-state index in [1.807, 2.05) is 32.2 Å². The Bertz CT molecular complexity index is 2920. The third-order valence-electron chi connectivity index (χ3n) is 12.7. The van der Waals surface area contributed by atoms with Crippen molar-refractivity contribution in [3.8, 4) is 6.07 Å². The minimum absolute atomic E-state index is 0.129. The molecule has 8 rings (SSSR count). The number of ether oxygens (including phenoxy) is 2. The molecule has 368 valence electrons. The first kappa shape index (κ1) is 50.6. The molecule has 0 spiro atoms. The number of anilines is 2. The van der Waals surface area contributed by atoms with Crippen LogP contribution in [0.4, 0.5) is 11.6 Å². The summed E-state index contributed by atoms with van der Waals surface area (Å²) in [6, 6.07) is 17.6. The summed E-state index contributed by atoms with van der Waals surface area (Å²) >= 11 is 0. The maximum Gasteiger partial charge on any atom is 0.406 e. The molecule has 2 aromatic carbocycles. The second-order valence-corrected chi connectivity index (χ2v) is 25.1. The fraction of sp³-hybridized carbons (Fsp3) is 0.432. The number of amides is 2. The van der Waals surface area contributed by atoms with E-state index in [-0.39, 0.29) is 65.9 Å². The maximum absolute atomic E-state index is 15.2. The van der Waals surface area contributed by atoms with E-state index in [4.69, 9.17) is 33.2 Å². The lowest BCUT2D eigenvalue weighted by atomic mass is 10.0. The molecule has 2 saturated heterocycles. The lowest BCUT2D eigenvalue weighted by Gasteiger charge is -2.41. The number of imidazole rings is 2. The van der Waals surface area contributed by atoms with Crippen LogP contribution >= 0.6 is 16.4 Å². The molecule has 2 aliphatic heterocycles. The summed E-state index contributed by atoms with van der Waals surface area (Å²) in [6.07, 6.45) is 0.834. The normalized spacial score (nSPS) is 23.6. The van der Waals surface area contributed by atoms with Crippen LogP contribution in [-0.2, 0) is 36.6 Å². The van der Waals surface area contributed by atoms with E-state index in [9.17, 15) is 19.4 Å². The van der Waals surface area contributed by atoms with Crippen molar-refractivity contribution in [1.29, 1.82) is 5.26 Å². The van der Waals surface area contributed by atoms with Crippen molar-refractivity contribution in [2.45, 2.75) is 95.1 Å². The number of nitrogens with one attached hydrogen (secondary N) is 3. The first-order chi connectivity index (χ1) is 33.5. The molecule has 70 heavy (non-hydrogen) atoms. The van der Waals surface area contributed by atoms with Crippen LogP contribution in [0.5, 0.6) is 0 Å². The Morgan fingerprint density at radius 3 is 1.90 bits per heavy atom. The van der Waals surface area contributed by atoms with Crippen molar-refractivity contribution >= 4 is 70.5 Å². The summed E-state index contributed by atoms with van der Waals surface area (Å²) in [6.45, 7) is 11.2. The van der Waals surface area contributed by atoms with Crippen LogP contribution in [0.25, 0.3) is 22.3 Å². The number of nitriles is 1. The van der Waals surface area contributed by atoms with E-state index >= 15 is 4.57 Å². The summed E-state index contributed by atoms with van der Waals surface area (Å²) in [5, 5.41) is 17.8. The van der Waals surface area contributed by atoms with Crippen molar-refractivity contribution in [1.82, 2.24) is 44.1 Å². The number of nitrogens with two attached hydrogens (primary N) is 1. The number of nitrogens with zero attached hydrogens (tertiary/aromatic N) is 9. The molecule has 0 saturated carbocycles. The molecule has 0 bridgehead atoms. The standard InChI is InChI=1S/C44H53N13O10P2Si/c1-26-31(46)29(65-42(26)56-24-51-33-36(47-22-49-38(33)56)53-40(58)27-14-9-7-10-15-27)21-64-69(61,63-19-13-18-45)55-32-30(20-62-68-60)66-43(35(32)67-70(5,6)44(2,3)4)57-25-52-34-37(48-23-50-39(34)57)54-41(59)28-16-11-8-12-17-28/h7-12,14-17,22-26,29-32,35,42-43H,13,19-21,46H2,1-6H3,(H,55,61)(H,47,49,53,58)(H,48,50,54,59)/t26-,29-,30-,31+,32-,35-,42-,43-,69?/m1/s1. The molecule has 0 radical (unpaired) electrons. The number of hydrogen-bond acceptors (Lipinski definition) is 18. The van der Waals surface area contributed by atoms with Gasteiger partial charge < -0.3 is 30.3 Å². The third kappa shape index (κ3) is 10.8. The second-order valence-electron chi connectivity index (χ2n) is 18.2. The number of carbonyl (C=O) groups excluding carboxylic acids is 2. The molecule has 4 aromatic heterocycles. The van der Waals surface area contributed by atoms with Crippen LogP contribution in [-0.4, -0.2) is 109 Å². The highest BCUT2D eigenvalue weighted by molar-refractivity contribution is 7.51. The fourth-order valence-electron chi connectivity index (χ4n) is 7.87. The lowest BCUT2D eigenvalue weighted by molar-refractivity contribution is -0.0421. The average molecular weight is 1010 g/mol. The molecule has 23 nitrogen and oxygen atoms in total. The zero-order valence-corrected chi connectivity index (χ0v) is 41.9. The van der Waals surface area contributed by atoms with Gasteiger partial charge in [-0.05, 0) is 42.4 Å². The van der Waals surface area contributed by atoms with Gasteiger partial charge in [0.1, 0.15) is 31.1 Å². The van der Waals surface area contributed by atoms with Crippen LogP contribution < -0.4 is 21.5 Å². The van der Waals surface area contributed by atoms with Crippen molar-refractivity contribution in [2.24, 2.45) is 11.7 Å².